The highest BCUT2D eigenvalue weighted by atomic mass is 32.2. The molecule has 25 heavy (non-hydrogen) atoms. The van der Waals surface area contributed by atoms with Gasteiger partial charge in [0, 0.05) is 19.8 Å². The van der Waals surface area contributed by atoms with Crippen LogP contribution >= 0.6 is 0 Å². The quantitative estimate of drug-likeness (QED) is 0.781. The molecule has 0 bridgehead atoms. The second kappa shape index (κ2) is 7.13. The van der Waals surface area contributed by atoms with Crippen molar-refractivity contribution < 1.29 is 13.2 Å². The molecule has 1 saturated heterocycles. The highest BCUT2D eigenvalue weighted by Crippen LogP contribution is 2.28. The predicted molar refractivity (Wildman–Crippen MR) is 94.0 cm³/mol. The monoisotopic (exact) mass is 364 g/mol. The molecule has 1 aliphatic rings. The lowest BCUT2D eigenvalue weighted by Gasteiger charge is -2.18. The zero-order chi connectivity index (χ0) is 18.0. The normalized spacial score (nSPS) is 18.6. The molecule has 8 heteroatoms. The highest BCUT2D eigenvalue weighted by molar-refractivity contribution is 7.89. The summed E-state index contributed by atoms with van der Waals surface area (Å²) in [4.78, 5) is 4.40. The van der Waals surface area contributed by atoms with Crippen LogP contribution in [0.15, 0.2) is 29.4 Å². The molecule has 0 saturated carbocycles. The highest BCUT2D eigenvalue weighted by Gasteiger charge is 2.37. The number of hydrogen-bond donors (Lipinski definition) is 0. The van der Waals surface area contributed by atoms with Crippen molar-refractivity contribution in [1.29, 1.82) is 0 Å². The van der Waals surface area contributed by atoms with Crippen molar-refractivity contribution >= 4 is 10.0 Å². The van der Waals surface area contributed by atoms with E-state index in [1.54, 1.807) is 30.2 Å². The Kier molecular flexibility index (Phi) is 5.10. The van der Waals surface area contributed by atoms with Crippen LogP contribution in [-0.4, -0.2) is 46.7 Å². The van der Waals surface area contributed by atoms with Gasteiger partial charge in [0.1, 0.15) is 16.7 Å². The first-order valence-electron chi connectivity index (χ1n) is 8.58. The van der Waals surface area contributed by atoms with E-state index in [-0.39, 0.29) is 6.10 Å². The summed E-state index contributed by atoms with van der Waals surface area (Å²) < 4.78 is 35.5. The largest absolute Gasteiger partial charge is 0.487 e. The van der Waals surface area contributed by atoms with Gasteiger partial charge in [-0.25, -0.2) is 8.42 Å². The fourth-order valence-electron chi connectivity index (χ4n) is 3.27. The third-order valence-corrected chi connectivity index (χ3v) is 6.50. The Bertz CT molecular complexity index is 833. The number of ether oxygens (including phenoxy) is 1. The molecule has 0 unspecified atom stereocenters. The summed E-state index contributed by atoms with van der Waals surface area (Å²) in [5, 5.41) is 4.40. The van der Waals surface area contributed by atoms with Crippen molar-refractivity contribution in [1.82, 2.24) is 19.1 Å². The number of pyridine rings is 1. The summed E-state index contributed by atoms with van der Waals surface area (Å²) in [6.07, 6.45) is 5.04. The number of aryl methyl sites for hydroxylation is 2. The van der Waals surface area contributed by atoms with E-state index in [4.69, 9.17) is 4.74 Å². The number of aromatic nitrogens is 3. The molecule has 0 radical (unpaired) electrons. The van der Waals surface area contributed by atoms with E-state index >= 15 is 0 Å². The van der Waals surface area contributed by atoms with E-state index in [0.717, 1.165) is 5.69 Å². The van der Waals surface area contributed by atoms with Crippen LogP contribution in [0.3, 0.4) is 0 Å². The van der Waals surface area contributed by atoms with Crippen LogP contribution < -0.4 is 4.74 Å². The van der Waals surface area contributed by atoms with E-state index in [9.17, 15) is 8.42 Å². The van der Waals surface area contributed by atoms with Crippen LogP contribution in [0.1, 0.15) is 31.7 Å². The van der Waals surface area contributed by atoms with Crippen LogP contribution in [0.4, 0.5) is 0 Å². The topological polar surface area (TPSA) is 77.3 Å². The second-order valence-corrected chi connectivity index (χ2v) is 8.01. The first-order chi connectivity index (χ1) is 12.0. The lowest BCUT2D eigenvalue weighted by molar-refractivity contribution is 0.214. The van der Waals surface area contributed by atoms with Gasteiger partial charge in [-0.1, -0.05) is 13.8 Å². The Morgan fingerprint density at radius 1 is 1.32 bits per heavy atom. The number of nitrogens with zero attached hydrogens (tertiary/aromatic N) is 4. The van der Waals surface area contributed by atoms with Gasteiger partial charge >= 0.3 is 0 Å². The molecule has 2 aromatic heterocycles. The van der Waals surface area contributed by atoms with Gasteiger partial charge in [0.25, 0.3) is 0 Å². The summed E-state index contributed by atoms with van der Waals surface area (Å²) in [6, 6.07) is 3.63. The standard InChI is InChI=1S/C17H24N4O3S/c1-4-15-17(16(5-2)20(3)19-15)25(22,23)21-10-8-14(12-21)24-13-7-6-9-18-11-13/h6-7,9,11,14H,4-5,8,10,12H2,1-3H3/t14-/m0/s1. The maximum absolute atomic E-state index is 13.2. The van der Waals surface area contributed by atoms with E-state index in [2.05, 4.69) is 10.1 Å². The minimum Gasteiger partial charge on any atom is -0.487 e. The first-order valence-corrected chi connectivity index (χ1v) is 10.0. The Hall–Kier alpha value is -1.93. The van der Waals surface area contributed by atoms with E-state index in [1.807, 2.05) is 19.9 Å². The lowest BCUT2D eigenvalue weighted by atomic mass is 10.2. The zero-order valence-corrected chi connectivity index (χ0v) is 15.7. The molecule has 2 aromatic rings. The van der Waals surface area contributed by atoms with Crippen molar-refractivity contribution in [2.45, 2.75) is 44.1 Å². The van der Waals surface area contributed by atoms with Crippen LogP contribution in [0.5, 0.6) is 5.75 Å². The molecule has 0 amide bonds. The Balaban J connectivity index is 1.82. The minimum absolute atomic E-state index is 0.161. The molecule has 136 valence electrons. The van der Waals surface area contributed by atoms with Gasteiger partial charge in [-0.15, -0.1) is 0 Å². The van der Waals surface area contributed by atoms with Gasteiger partial charge in [-0.3, -0.25) is 9.67 Å². The molecule has 0 spiro atoms. The van der Waals surface area contributed by atoms with Crippen molar-refractivity contribution in [2.75, 3.05) is 13.1 Å². The fraction of sp³-hybridized carbons (Fsp3) is 0.529. The molecule has 3 rings (SSSR count). The van der Waals surface area contributed by atoms with Crippen molar-refractivity contribution in [3.05, 3.63) is 35.9 Å². The summed E-state index contributed by atoms with van der Waals surface area (Å²) in [6.45, 7) is 4.68. The summed E-state index contributed by atoms with van der Waals surface area (Å²) in [5.74, 6) is 0.664. The average molecular weight is 364 g/mol. The van der Waals surface area contributed by atoms with Crippen LogP contribution in [0.2, 0.25) is 0 Å². The molecular weight excluding hydrogens is 340 g/mol. The Morgan fingerprint density at radius 3 is 2.76 bits per heavy atom. The van der Waals surface area contributed by atoms with Crippen molar-refractivity contribution in [3.8, 4) is 5.75 Å². The SMILES string of the molecule is CCc1nn(C)c(CC)c1S(=O)(=O)N1CC[C@H](Oc2cccnc2)C1. The van der Waals surface area contributed by atoms with Gasteiger partial charge in [0.15, 0.2) is 0 Å². The summed E-state index contributed by atoms with van der Waals surface area (Å²) in [5.41, 5.74) is 1.39. The van der Waals surface area contributed by atoms with Crippen molar-refractivity contribution in [2.24, 2.45) is 7.05 Å². The number of sulfonamides is 1. The molecule has 0 N–H and O–H groups in total. The second-order valence-electron chi connectivity index (χ2n) is 6.13. The molecule has 1 aliphatic heterocycles. The Morgan fingerprint density at radius 2 is 2.12 bits per heavy atom. The first kappa shape index (κ1) is 17.9. The smallest absolute Gasteiger partial charge is 0.246 e. The third-order valence-electron chi connectivity index (χ3n) is 4.50. The molecule has 0 aromatic carbocycles. The predicted octanol–water partition coefficient (Wildman–Crippen LogP) is 1.78. The minimum atomic E-state index is -3.57. The summed E-state index contributed by atoms with van der Waals surface area (Å²) >= 11 is 0. The van der Waals surface area contributed by atoms with Gasteiger partial charge in [0.2, 0.25) is 10.0 Å². The maximum atomic E-state index is 13.2. The number of rotatable bonds is 6. The maximum Gasteiger partial charge on any atom is 0.246 e. The molecule has 3 heterocycles. The van der Waals surface area contributed by atoms with Crippen LogP contribution in [0.25, 0.3) is 0 Å². The lowest BCUT2D eigenvalue weighted by Crippen LogP contribution is -2.32. The zero-order valence-electron chi connectivity index (χ0n) is 14.8. The number of hydrogen-bond acceptors (Lipinski definition) is 5. The average Bonchev–Trinajstić information content (AvgIpc) is 3.20. The van der Waals surface area contributed by atoms with Gasteiger partial charge in [-0.2, -0.15) is 9.40 Å². The van der Waals surface area contributed by atoms with E-state index < -0.39 is 10.0 Å². The Labute approximate surface area is 148 Å². The van der Waals surface area contributed by atoms with E-state index in [1.165, 1.54) is 4.31 Å². The molecule has 1 fully saturated rings. The van der Waals surface area contributed by atoms with Crippen molar-refractivity contribution in [3.63, 3.8) is 0 Å². The van der Waals surface area contributed by atoms with Gasteiger partial charge < -0.3 is 4.74 Å². The third kappa shape index (κ3) is 3.41. The molecule has 0 aliphatic carbocycles. The molecular formula is C17H24N4O3S. The summed E-state index contributed by atoms with van der Waals surface area (Å²) in [7, 11) is -1.77. The fourth-order valence-corrected chi connectivity index (χ4v) is 5.29. The van der Waals surface area contributed by atoms with Crippen LogP contribution in [-0.2, 0) is 29.9 Å². The molecule has 7 nitrogen and oxygen atoms in total. The van der Waals surface area contributed by atoms with Gasteiger partial charge in [0.05, 0.1) is 24.1 Å². The molecule has 1 atom stereocenters. The van der Waals surface area contributed by atoms with E-state index in [0.29, 0.717) is 48.7 Å². The van der Waals surface area contributed by atoms with Crippen LogP contribution in [0, 0.1) is 0 Å². The van der Waals surface area contributed by atoms with Gasteiger partial charge in [-0.05, 0) is 31.4 Å².